The highest BCUT2D eigenvalue weighted by atomic mass is 32.2. The topological polar surface area (TPSA) is 79.4 Å². The smallest absolute Gasteiger partial charge is 0.257 e. The first-order valence-corrected chi connectivity index (χ1v) is 12.7. The zero-order valence-corrected chi connectivity index (χ0v) is 19.2. The van der Waals surface area contributed by atoms with Gasteiger partial charge in [0.15, 0.2) is 5.13 Å². The summed E-state index contributed by atoms with van der Waals surface area (Å²) in [6.07, 6.45) is 2.57. The fourth-order valence-electron chi connectivity index (χ4n) is 3.69. The van der Waals surface area contributed by atoms with Crippen LogP contribution in [0.1, 0.15) is 47.5 Å². The summed E-state index contributed by atoms with van der Waals surface area (Å²) in [6, 6.07) is 14.2. The number of hydrogen-bond donors (Lipinski definition) is 1. The molecule has 0 bridgehead atoms. The second-order valence-corrected chi connectivity index (χ2v) is 10.5. The Bertz CT molecular complexity index is 1200. The molecular weight excluding hydrogens is 430 g/mol. The first kappa shape index (κ1) is 21.7. The normalized spacial score (nSPS) is 12.6. The van der Waals surface area contributed by atoms with Gasteiger partial charge in [-0.15, -0.1) is 11.3 Å². The highest BCUT2D eigenvalue weighted by Gasteiger charge is 2.25. The summed E-state index contributed by atoms with van der Waals surface area (Å²) in [5, 5.41) is 3.40. The number of carbonyl (C=O) groups is 1. The fourth-order valence-corrected chi connectivity index (χ4v) is 6.17. The summed E-state index contributed by atoms with van der Waals surface area (Å²) in [5.74, 6) is -0.303. The Morgan fingerprint density at radius 1 is 1.13 bits per heavy atom. The minimum atomic E-state index is -3.56. The number of carbonyl (C=O) groups excluding carboxylic acids is 1. The Kier molecular flexibility index (Phi) is 6.22. The van der Waals surface area contributed by atoms with Gasteiger partial charge in [0.05, 0.1) is 10.6 Å². The lowest BCUT2D eigenvalue weighted by Crippen LogP contribution is -2.31. The molecule has 0 atom stereocenters. The van der Waals surface area contributed by atoms with Crippen LogP contribution in [0.15, 0.2) is 53.4 Å². The second kappa shape index (κ2) is 8.90. The number of thiazole rings is 1. The average Bonchev–Trinajstić information content (AvgIpc) is 3.31. The van der Waals surface area contributed by atoms with Gasteiger partial charge in [-0.3, -0.25) is 10.1 Å². The van der Waals surface area contributed by atoms with E-state index < -0.39 is 10.0 Å². The third-order valence-corrected chi connectivity index (χ3v) is 8.37. The molecule has 0 spiro atoms. The largest absolute Gasteiger partial charge is 0.298 e. The van der Waals surface area contributed by atoms with Crippen LogP contribution in [-0.2, 0) is 16.4 Å². The number of aromatic nitrogens is 1. The highest BCUT2D eigenvalue weighted by molar-refractivity contribution is 7.89. The van der Waals surface area contributed by atoms with Crippen molar-refractivity contribution in [1.82, 2.24) is 9.29 Å². The minimum Gasteiger partial charge on any atom is -0.298 e. The van der Waals surface area contributed by atoms with Crippen molar-refractivity contribution in [2.24, 2.45) is 0 Å². The molecule has 0 saturated heterocycles. The molecule has 0 saturated carbocycles. The van der Waals surface area contributed by atoms with E-state index in [1.54, 1.807) is 12.1 Å². The molecule has 1 aliphatic rings. The molecule has 0 radical (unpaired) electrons. The molecule has 162 valence electrons. The molecule has 1 amide bonds. The maximum atomic E-state index is 12.8. The Morgan fingerprint density at radius 3 is 2.58 bits per heavy atom. The van der Waals surface area contributed by atoms with E-state index in [1.165, 1.54) is 33.3 Å². The zero-order valence-electron chi connectivity index (χ0n) is 17.6. The quantitative estimate of drug-likeness (QED) is 0.415. The summed E-state index contributed by atoms with van der Waals surface area (Å²) in [6.45, 7) is 4.78. The number of sulfonamides is 1. The molecule has 31 heavy (non-hydrogen) atoms. The van der Waals surface area contributed by atoms with Crippen molar-refractivity contribution < 1.29 is 13.2 Å². The van der Waals surface area contributed by atoms with E-state index in [-0.39, 0.29) is 10.8 Å². The number of hydrogen-bond acceptors (Lipinski definition) is 5. The van der Waals surface area contributed by atoms with Gasteiger partial charge in [0.1, 0.15) is 0 Å². The summed E-state index contributed by atoms with van der Waals surface area (Å²) < 4.78 is 27.2. The zero-order chi connectivity index (χ0) is 22.0. The number of nitrogens with one attached hydrogen (secondary N) is 1. The molecule has 0 unspecified atom stereocenters. The third-order valence-electron chi connectivity index (χ3n) is 5.41. The van der Waals surface area contributed by atoms with Gasteiger partial charge in [-0.2, -0.15) is 4.31 Å². The average molecular weight is 456 g/mol. The number of benzene rings is 2. The predicted molar refractivity (Wildman–Crippen MR) is 124 cm³/mol. The summed E-state index contributed by atoms with van der Waals surface area (Å²) in [4.78, 5) is 18.6. The van der Waals surface area contributed by atoms with Crippen LogP contribution >= 0.6 is 11.3 Å². The van der Waals surface area contributed by atoms with Crippen molar-refractivity contribution in [1.29, 1.82) is 0 Å². The molecule has 3 aromatic rings. The molecule has 1 N–H and O–H groups in total. The van der Waals surface area contributed by atoms with Crippen LogP contribution in [0.2, 0.25) is 0 Å². The molecule has 1 heterocycles. The van der Waals surface area contributed by atoms with E-state index in [4.69, 9.17) is 0 Å². The van der Waals surface area contributed by atoms with Crippen molar-refractivity contribution >= 4 is 32.4 Å². The van der Waals surface area contributed by atoms with Gasteiger partial charge in [-0.25, -0.2) is 13.4 Å². The molecule has 0 fully saturated rings. The Balaban J connectivity index is 1.47. The number of rotatable bonds is 8. The molecule has 2 aromatic carbocycles. The lowest BCUT2D eigenvalue weighted by molar-refractivity contribution is 0.102. The van der Waals surface area contributed by atoms with Crippen molar-refractivity contribution in [3.8, 4) is 11.3 Å². The van der Waals surface area contributed by atoms with Gasteiger partial charge in [0.25, 0.3) is 5.91 Å². The number of anilines is 1. The van der Waals surface area contributed by atoms with Crippen LogP contribution < -0.4 is 5.32 Å². The third kappa shape index (κ3) is 4.28. The highest BCUT2D eigenvalue weighted by Crippen LogP contribution is 2.40. The summed E-state index contributed by atoms with van der Waals surface area (Å²) >= 11 is 1.48. The van der Waals surface area contributed by atoms with Gasteiger partial charge >= 0.3 is 0 Å². The maximum Gasteiger partial charge on any atom is 0.257 e. The lowest BCUT2D eigenvalue weighted by atomic mass is 10.1. The van der Waals surface area contributed by atoms with Crippen molar-refractivity contribution in [2.75, 3.05) is 18.4 Å². The van der Waals surface area contributed by atoms with E-state index in [0.29, 0.717) is 23.8 Å². The number of amides is 1. The van der Waals surface area contributed by atoms with Gasteiger partial charge in [-0.05, 0) is 36.2 Å². The molecule has 1 aromatic heterocycles. The first-order valence-electron chi connectivity index (χ1n) is 10.4. The summed E-state index contributed by atoms with van der Waals surface area (Å²) in [5.41, 5.74) is 3.70. The maximum absolute atomic E-state index is 12.8. The second-order valence-electron chi connectivity index (χ2n) is 7.45. The van der Waals surface area contributed by atoms with E-state index in [1.807, 2.05) is 32.0 Å². The fraction of sp³-hybridized carbons (Fsp3) is 0.304. The molecule has 8 heteroatoms. The molecular formula is C23H25N3O3S2. The van der Waals surface area contributed by atoms with Crippen molar-refractivity contribution in [3.05, 3.63) is 64.5 Å². The van der Waals surface area contributed by atoms with Crippen LogP contribution in [-0.4, -0.2) is 36.7 Å². The van der Waals surface area contributed by atoms with E-state index in [0.717, 1.165) is 35.4 Å². The lowest BCUT2D eigenvalue weighted by Gasteiger charge is -2.20. The van der Waals surface area contributed by atoms with Gasteiger partial charge in [0, 0.05) is 35.5 Å². The standard InChI is InChI=1S/C23H25N3O3S2/c1-3-5-14-26(4-2)31(28,29)18-12-10-16(11-13-18)22(27)25-23-24-21-19-9-7-6-8-17(19)15-20(21)30-23/h6-13H,3-5,14-15H2,1-2H3,(H,24,25,27). The molecule has 0 aliphatic heterocycles. The Morgan fingerprint density at radius 2 is 1.87 bits per heavy atom. The van der Waals surface area contributed by atoms with Crippen LogP contribution in [0.25, 0.3) is 11.3 Å². The Labute approximate surface area is 187 Å². The summed E-state index contributed by atoms with van der Waals surface area (Å²) in [7, 11) is -3.56. The number of unbranched alkanes of at least 4 members (excludes halogenated alkanes) is 1. The van der Waals surface area contributed by atoms with Crippen molar-refractivity contribution in [2.45, 2.75) is 38.0 Å². The molecule has 4 rings (SSSR count). The van der Waals surface area contributed by atoms with E-state index in [9.17, 15) is 13.2 Å². The van der Waals surface area contributed by atoms with Gasteiger partial charge in [0.2, 0.25) is 10.0 Å². The van der Waals surface area contributed by atoms with Gasteiger partial charge < -0.3 is 0 Å². The molecule has 6 nitrogen and oxygen atoms in total. The van der Waals surface area contributed by atoms with Crippen molar-refractivity contribution in [3.63, 3.8) is 0 Å². The molecule has 1 aliphatic carbocycles. The van der Waals surface area contributed by atoms with Crippen LogP contribution in [0.3, 0.4) is 0 Å². The SMILES string of the molecule is CCCCN(CC)S(=O)(=O)c1ccc(C(=O)Nc2nc3c(s2)Cc2ccccc2-3)cc1. The number of fused-ring (bicyclic) bond motifs is 3. The van der Waals surface area contributed by atoms with Crippen LogP contribution in [0.4, 0.5) is 5.13 Å². The van der Waals surface area contributed by atoms with E-state index >= 15 is 0 Å². The van der Waals surface area contributed by atoms with Crippen LogP contribution in [0.5, 0.6) is 0 Å². The van der Waals surface area contributed by atoms with Crippen LogP contribution in [0, 0.1) is 0 Å². The monoisotopic (exact) mass is 455 g/mol. The van der Waals surface area contributed by atoms with E-state index in [2.05, 4.69) is 16.4 Å². The first-order chi connectivity index (χ1) is 14.9. The Hall–Kier alpha value is -2.55. The van der Waals surface area contributed by atoms with Gasteiger partial charge in [-0.1, -0.05) is 44.5 Å². The number of nitrogens with zero attached hydrogens (tertiary/aromatic N) is 2. The predicted octanol–water partition coefficient (Wildman–Crippen LogP) is 4.78. The minimum absolute atomic E-state index is 0.201.